The highest BCUT2D eigenvalue weighted by molar-refractivity contribution is 7.90. The Morgan fingerprint density at radius 3 is 2.67 bits per heavy atom. The maximum atomic E-state index is 13.2. The Labute approximate surface area is 141 Å². The fourth-order valence-electron chi connectivity index (χ4n) is 2.92. The van der Waals surface area contributed by atoms with Crippen molar-refractivity contribution in [1.29, 1.82) is 0 Å². The van der Waals surface area contributed by atoms with Gasteiger partial charge >= 0.3 is 0 Å². The van der Waals surface area contributed by atoms with Crippen LogP contribution in [0.4, 0.5) is 4.39 Å². The van der Waals surface area contributed by atoms with E-state index in [1.807, 2.05) is 0 Å². The Kier molecular flexibility index (Phi) is 4.98. The Bertz CT molecular complexity index is 783. The topological polar surface area (TPSA) is 76.0 Å². The van der Waals surface area contributed by atoms with Crippen molar-refractivity contribution in [2.45, 2.75) is 24.1 Å². The van der Waals surface area contributed by atoms with Crippen LogP contribution in [0.2, 0.25) is 0 Å². The summed E-state index contributed by atoms with van der Waals surface area (Å²) in [6.07, 6.45) is 4.84. The summed E-state index contributed by atoms with van der Waals surface area (Å²) in [6, 6.07) is 5.25. The second-order valence-electron chi connectivity index (χ2n) is 6.06. The molecule has 0 radical (unpaired) electrons. The van der Waals surface area contributed by atoms with Crippen molar-refractivity contribution >= 4 is 10.0 Å². The van der Waals surface area contributed by atoms with Gasteiger partial charge in [-0.25, -0.2) is 17.5 Å². The van der Waals surface area contributed by atoms with E-state index in [1.54, 1.807) is 36.3 Å². The Morgan fingerprint density at radius 2 is 2.08 bits per heavy atom. The van der Waals surface area contributed by atoms with E-state index in [2.05, 4.69) is 15.1 Å². The predicted octanol–water partition coefficient (Wildman–Crippen LogP) is 1.32. The van der Waals surface area contributed by atoms with Crippen molar-refractivity contribution < 1.29 is 12.8 Å². The summed E-state index contributed by atoms with van der Waals surface area (Å²) in [5, 5.41) is 6.77. The number of halogens is 1. The highest BCUT2D eigenvalue weighted by Crippen LogP contribution is 2.24. The van der Waals surface area contributed by atoms with Crippen LogP contribution in [0.3, 0.4) is 0 Å². The van der Waals surface area contributed by atoms with Crippen LogP contribution in [0, 0.1) is 5.82 Å². The predicted molar refractivity (Wildman–Crippen MR) is 89.4 cm³/mol. The van der Waals surface area contributed by atoms with Crippen molar-refractivity contribution in [2.75, 3.05) is 13.1 Å². The molecule has 0 aliphatic carbocycles. The molecule has 1 aromatic carbocycles. The zero-order chi connectivity index (χ0) is 17.2. The summed E-state index contributed by atoms with van der Waals surface area (Å²) in [7, 11) is -1.75. The molecule has 2 heterocycles. The van der Waals surface area contributed by atoms with Gasteiger partial charge in [-0.2, -0.15) is 5.10 Å². The number of hydrogen-bond donors (Lipinski definition) is 2. The SMILES string of the molecule is Cn1cc(C(NS(=O)(=O)C2CCCNC2)c2ccc(F)cc2)cn1. The maximum absolute atomic E-state index is 13.2. The molecule has 0 bridgehead atoms. The summed E-state index contributed by atoms with van der Waals surface area (Å²) in [6.45, 7) is 1.29. The fourth-order valence-corrected chi connectivity index (χ4v) is 4.53. The van der Waals surface area contributed by atoms with E-state index in [0.717, 1.165) is 18.5 Å². The molecule has 2 unspecified atom stereocenters. The van der Waals surface area contributed by atoms with Crippen LogP contribution in [0.15, 0.2) is 36.7 Å². The van der Waals surface area contributed by atoms with E-state index in [4.69, 9.17) is 0 Å². The third-order valence-electron chi connectivity index (χ3n) is 4.23. The fraction of sp³-hybridized carbons (Fsp3) is 0.438. The molecule has 24 heavy (non-hydrogen) atoms. The van der Waals surface area contributed by atoms with Gasteiger partial charge in [0, 0.05) is 25.4 Å². The number of nitrogens with one attached hydrogen (secondary N) is 2. The van der Waals surface area contributed by atoms with Crippen molar-refractivity contribution in [3.63, 3.8) is 0 Å². The molecule has 0 saturated carbocycles. The molecular weight excluding hydrogens is 331 g/mol. The molecule has 3 rings (SSSR count). The van der Waals surface area contributed by atoms with E-state index < -0.39 is 21.3 Å². The van der Waals surface area contributed by atoms with Gasteiger partial charge in [0.15, 0.2) is 0 Å². The van der Waals surface area contributed by atoms with E-state index in [-0.39, 0.29) is 5.82 Å². The molecule has 130 valence electrons. The number of sulfonamides is 1. The smallest absolute Gasteiger partial charge is 0.216 e. The van der Waals surface area contributed by atoms with Crippen LogP contribution in [-0.4, -0.2) is 36.5 Å². The summed E-state index contributed by atoms with van der Waals surface area (Å²) in [5.41, 5.74) is 1.40. The van der Waals surface area contributed by atoms with Gasteiger partial charge in [-0.3, -0.25) is 4.68 Å². The zero-order valence-corrected chi connectivity index (χ0v) is 14.3. The van der Waals surface area contributed by atoms with Crippen molar-refractivity contribution in [3.05, 3.63) is 53.6 Å². The van der Waals surface area contributed by atoms with Gasteiger partial charge in [-0.15, -0.1) is 0 Å². The molecule has 1 aliphatic heterocycles. The van der Waals surface area contributed by atoms with Crippen LogP contribution in [0.25, 0.3) is 0 Å². The number of rotatable bonds is 5. The normalized spacial score (nSPS) is 20.0. The minimum Gasteiger partial charge on any atom is -0.315 e. The number of aromatic nitrogens is 2. The minimum atomic E-state index is -3.52. The molecule has 2 aromatic rings. The van der Waals surface area contributed by atoms with Gasteiger partial charge in [-0.1, -0.05) is 12.1 Å². The van der Waals surface area contributed by atoms with Gasteiger partial charge < -0.3 is 5.32 Å². The quantitative estimate of drug-likeness (QED) is 0.851. The Morgan fingerprint density at radius 1 is 1.33 bits per heavy atom. The summed E-state index contributed by atoms with van der Waals surface area (Å²) >= 11 is 0. The van der Waals surface area contributed by atoms with Crippen LogP contribution in [0.1, 0.15) is 30.0 Å². The number of nitrogens with zero attached hydrogens (tertiary/aromatic N) is 2. The zero-order valence-electron chi connectivity index (χ0n) is 13.4. The average Bonchev–Trinajstić information content (AvgIpc) is 3.01. The third kappa shape index (κ3) is 3.82. The lowest BCUT2D eigenvalue weighted by Gasteiger charge is -2.26. The first-order valence-corrected chi connectivity index (χ1v) is 9.46. The molecule has 1 fully saturated rings. The summed E-state index contributed by atoms with van der Waals surface area (Å²) in [4.78, 5) is 0. The van der Waals surface area contributed by atoms with Gasteiger partial charge in [0.05, 0.1) is 17.5 Å². The molecule has 8 heteroatoms. The molecule has 1 saturated heterocycles. The van der Waals surface area contributed by atoms with Crippen LogP contribution >= 0.6 is 0 Å². The van der Waals surface area contributed by atoms with Crippen LogP contribution < -0.4 is 10.0 Å². The molecule has 2 atom stereocenters. The van der Waals surface area contributed by atoms with Gasteiger partial charge in [-0.05, 0) is 37.1 Å². The van der Waals surface area contributed by atoms with E-state index in [9.17, 15) is 12.8 Å². The number of benzene rings is 1. The van der Waals surface area contributed by atoms with Gasteiger partial charge in [0.1, 0.15) is 5.82 Å². The second-order valence-corrected chi connectivity index (χ2v) is 8.06. The van der Waals surface area contributed by atoms with Gasteiger partial charge in [0.2, 0.25) is 10.0 Å². The van der Waals surface area contributed by atoms with Crippen molar-refractivity contribution in [2.24, 2.45) is 7.05 Å². The lowest BCUT2D eigenvalue weighted by atomic mass is 10.0. The highest BCUT2D eigenvalue weighted by atomic mass is 32.2. The molecule has 2 N–H and O–H groups in total. The molecule has 6 nitrogen and oxygen atoms in total. The Balaban J connectivity index is 1.91. The van der Waals surface area contributed by atoms with Crippen LogP contribution in [0.5, 0.6) is 0 Å². The number of hydrogen-bond acceptors (Lipinski definition) is 4. The molecule has 0 amide bonds. The molecule has 1 aromatic heterocycles. The monoisotopic (exact) mass is 352 g/mol. The van der Waals surface area contributed by atoms with Gasteiger partial charge in [0.25, 0.3) is 0 Å². The lowest BCUT2D eigenvalue weighted by Crippen LogP contribution is -2.45. The molecular formula is C16H21FN4O2S. The van der Waals surface area contributed by atoms with E-state index in [0.29, 0.717) is 18.5 Å². The first kappa shape index (κ1) is 17.1. The first-order chi connectivity index (χ1) is 11.5. The highest BCUT2D eigenvalue weighted by Gasteiger charge is 2.31. The summed E-state index contributed by atoms with van der Waals surface area (Å²) in [5.74, 6) is -0.358. The Hall–Kier alpha value is -1.77. The lowest BCUT2D eigenvalue weighted by molar-refractivity contribution is 0.486. The van der Waals surface area contributed by atoms with Crippen LogP contribution in [-0.2, 0) is 17.1 Å². The first-order valence-electron chi connectivity index (χ1n) is 7.91. The number of aryl methyl sites for hydroxylation is 1. The standard InChI is InChI=1S/C16H21FN4O2S/c1-21-11-13(9-19-21)16(12-4-6-14(17)7-5-12)20-24(22,23)15-3-2-8-18-10-15/h4-7,9,11,15-16,18,20H,2-3,8,10H2,1H3. The maximum Gasteiger partial charge on any atom is 0.216 e. The summed E-state index contributed by atoms with van der Waals surface area (Å²) < 4.78 is 43.1. The van der Waals surface area contributed by atoms with Crippen molar-refractivity contribution in [3.8, 4) is 0 Å². The third-order valence-corrected chi connectivity index (χ3v) is 6.08. The largest absolute Gasteiger partial charge is 0.315 e. The molecule has 1 aliphatic rings. The van der Waals surface area contributed by atoms with E-state index >= 15 is 0 Å². The minimum absolute atomic E-state index is 0.358. The second kappa shape index (κ2) is 7.00. The average molecular weight is 352 g/mol. The van der Waals surface area contributed by atoms with Crippen molar-refractivity contribution in [1.82, 2.24) is 19.8 Å². The molecule has 0 spiro atoms. The van der Waals surface area contributed by atoms with E-state index in [1.165, 1.54) is 12.1 Å². The number of piperidine rings is 1.